The van der Waals surface area contributed by atoms with E-state index in [1.54, 1.807) is 21.3 Å². The number of nitrogens with zero attached hydrogens (tertiary/aromatic N) is 1. The molecular formula is C19H25N3O4S. The Morgan fingerprint density at radius 2 is 2.04 bits per heavy atom. The lowest BCUT2D eigenvalue weighted by Crippen LogP contribution is -2.47. The van der Waals surface area contributed by atoms with Crippen molar-refractivity contribution in [2.75, 3.05) is 46.3 Å². The molecule has 0 bridgehead atoms. The lowest BCUT2D eigenvalue weighted by Gasteiger charge is -2.35. The van der Waals surface area contributed by atoms with Gasteiger partial charge in [-0.1, -0.05) is 0 Å². The number of ether oxygens (including phenoxy) is 3. The molecule has 1 fully saturated rings. The van der Waals surface area contributed by atoms with E-state index in [4.69, 9.17) is 14.2 Å². The molecule has 2 heterocycles. The first kappa shape index (κ1) is 19.6. The molecule has 146 valence electrons. The van der Waals surface area contributed by atoms with Gasteiger partial charge in [0, 0.05) is 18.1 Å². The van der Waals surface area contributed by atoms with E-state index in [2.05, 4.69) is 15.6 Å². The largest absolute Gasteiger partial charge is 0.497 e. The number of methoxy groups -OCH3 is 3. The number of carbonyl (C=O) groups is 1. The van der Waals surface area contributed by atoms with Gasteiger partial charge < -0.3 is 24.8 Å². The van der Waals surface area contributed by atoms with Gasteiger partial charge in [-0.05, 0) is 44.1 Å². The lowest BCUT2D eigenvalue weighted by atomic mass is 9.79. The van der Waals surface area contributed by atoms with Gasteiger partial charge in [-0.25, -0.2) is 4.98 Å². The van der Waals surface area contributed by atoms with Gasteiger partial charge >= 0.3 is 0 Å². The van der Waals surface area contributed by atoms with E-state index in [-0.39, 0.29) is 5.91 Å². The van der Waals surface area contributed by atoms with E-state index in [1.165, 1.54) is 11.3 Å². The van der Waals surface area contributed by atoms with E-state index in [1.807, 2.05) is 23.6 Å². The molecule has 27 heavy (non-hydrogen) atoms. The fourth-order valence-corrected chi connectivity index (χ4v) is 4.02. The standard InChI is InChI=1S/C19H25N3O4S/c1-24-12-19(6-8-20-9-7-19)17(23)22-18-21-15(11-27-18)14-10-13(25-2)4-5-16(14)26-3/h4-5,10-11,20H,6-9,12H2,1-3H3,(H,21,22,23). The Kier molecular flexibility index (Phi) is 6.30. The number of amides is 1. The van der Waals surface area contributed by atoms with Crippen molar-refractivity contribution >= 4 is 22.4 Å². The Labute approximate surface area is 163 Å². The number of nitrogens with one attached hydrogen (secondary N) is 2. The van der Waals surface area contributed by atoms with E-state index < -0.39 is 5.41 Å². The number of aromatic nitrogens is 1. The van der Waals surface area contributed by atoms with Crippen molar-refractivity contribution in [1.29, 1.82) is 0 Å². The van der Waals surface area contributed by atoms with Crippen molar-refractivity contribution in [3.8, 4) is 22.8 Å². The first-order chi connectivity index (χ1) is 13.1. The minimum Gasteiger partial charge on any atom is -0.497 e. The van der Waals surface area contributed by atoms with Gasteiger partial charge in [-0.3, -0.25) is 4.79 Å². The number of rotatable bonds is 7. The molecule has 1 aromatic heterocycles. The zero-order valence-electron chi connectivity index (χ0n) is 15.8. The molecular weight excluding hydrogens is 366 g/mol. The van der Waals surface area contributed by atoms with E-state index in [0.29, 0.717) is 17.5 Å². The van der Waals surface area contributed by atoms with Gasteiger partial charge in [-0.2, -0.15) is 0 Å². The molecule has 0 saturated carbocycles. The molecule has 2 N–H and O–H groups in total. The van der Waals surface area contributed by atoms with E-state index >= 15 is 0 Å². The molecule has 8 heteroatoms. The number of piperidine rings is 1. The predicted octanol–water partition coefficient (Wildman–Crippen LogP) is 2.78. The van der Waals surface area contributed by atoms with Gasteiger partial charge in [0.1, 0.15) is 11.5 Å². The van der Waals surface area contributed by atoms with Crippen molar-refractivity contribution in [3.63, 3.8) is 0 Å². The summed E-state index contributed by atoms with van der Waals surface area (Å²) in [6.45, 7) is 2.02. The summed E-state index contributed by atoms with van der Waals surface area (Å²) >= 11 is 1.39. The molecule has 1 saturated heterocycles. The molecule has 0 aliphatic carbocycles. The molecule has 1 aromatic carbocycles. The van der Waals surface area contributed by atoms with Crippen LogP contribution in [0, 0.1) is 5.41 Å². The second-order valence-corrected chi connectivity index (χ2v) is 7.38. The van der Waals surface area contributed by atoms with Crippen LogP contribution in [0.1, 0.15) is 12.8 Å². The Morgan fingerprint density at radius 3 is 2.70 bits per heavy atom. The summed E-state index contributed by atoms with van der Waals surface area (Å²) in [5.41, 5.74) is 1.04. The average molecular weight is 391 g/mol. The fraction of sp³-hybridized carbons (Fsp3) is 0.474. The number of hydrogen-bond acceptors (Lipinski definition) is 7. The second kappa shape index (κ2) is 8.69. The minimum absolute atomic E-state index is 0.0376. The van der Waals surface area contributed by atoms with Crippen LogP contribution < -0.4 is 20.1 Å². The van der Waals surface area contributed by atoms with Crippen LogP contribution in [0.15, 0.2) is 23.6 Å². The normalized spacial score (nSPS) is 16.0. The van der Waals surface area contributed by atoms with Gasteiger partial charge in [-0.15, -0.1) is 11.3 Å². The number of anilines is 1. The third-order valence-electron chi connectivity index (χ3n) is 4.87. The van der Waals surface area contributed by atoms with Crippen LogP contribution in [0.2, 0.25) is 0 Å². The molecule has 0 radical (unpaired) electrons. The van der Waals surface area contributed by atoms with Crippen LogP contribution >= 0.6 is 11.3 Å². The van der Waals surface area contributed by atoms with Crippen LogP contribution in [-0.4, -0.2) is 51.9 Å². The van der Waals surface area contributed by atoms with E-state index in [9.17, 15) is 4.79 Å². The first-order valence-electron chi connectivity index (χ1n) is 8.81. The highest BCUT2D eigenvalue weighted by molar-refractivity contribution is 7.14. The monoisotopic (exact) mass is 391 g/mol. The van der Waals surface area contributed by atoms with E-state index in [0.717, 1.165) is 42.9 Å². The summed E-state index contributed by atoms with van der Waals surface area (Å²) in [6, 6.07) is 5.55. The van der Waals surface area contributed by atoms with Gasteiger partial charge in [0.2, 0.25) is 5.91 Å². The number of carbonyl (C=O) groups excluding carboxylic acids is 1. The average Bonchev–Trinajstić information content (AvgIpc) is 3.16. The lowest BCUT2D eigenvalue weighted by molar-refractivity contribution is -0.130. The molecule has 1 aliphatic rings. The third-order valence-corrected chi connectivity index (χ3v) is 5.63. The maximum absolute atomic E-state index is 13.0. The van der Waals surface area contributed by atoms with Crippen LogP contribution in [0.4, 0.5) is 5.13 Å². The molecule has 1 amide bonds. The summed E-state index contributed by atoms with van der Waals surface area (Å²) in [5.74, 6) is 1.38. The maximum Gasteiger partial charge on any atom is 0.234 e. The predicted molar refractivity (Wildman–Crippen MR) is 106 cm³/mol. The van der Waals surface area contributed by atoms with Crippen molar-refractivity contribution < 1.29 is 19.0 Å². The SMILES string of the molecule is COCC1(C(=O)Nc2nc(-c3cc(OC)ccc3OC)cs2)CCNCC1. The van der Waals surface area contributed by atoms with Gasteiger partial charge in [0.25, 0.3) is 0 Å². The highest BCUT2D eigenvalue weighted by Gasteiger charge is 2.40. The Hall–Kier alpha value is -2.16. The highest BCUT2D eigenvalue weighted by Crippen LogP contribution is 2.36. The molecule has 7 nitrogen and oxygen atoms in total. The minimum atomic E-state index is -0.514. The summed E-state index contributed by atoms with van der Waals surface area (Å²) in [6.07, 6.45) is 1.49. The quantitative estimate of drug-likeness (QED) is 0.755. The fourth-order valence-electron chi connectivity index (χ4n) is 3.32. The third kappa shape index (κ3) is 4.23. The first-order valence-corrected chi connectivity index (χ1v) is 9.69. The van der Waals surface area contributed by atoms with Gasteiger partial charge in [0.05, 0.1) is 31.9 Å². The molecule has 0 atom stereocenters. The number of benzene rings is 1. The summed E-state index contributed by atoms with van der Waals surface area (Å²) in [4.78, 5) is 17.5. The Bertz CT molecular complexity index is 782. The highest BCUT2D eigenvalue weighted by atomic mass is 32.1. The smallest absolute Gasteiger partial charge is 0.234 e. The summed E-state index contributed by atoms with van der Waals surface area (Å²) in [5, 5.41) is 8.74. The van der Waals surface area contributed by atoms with Crippen LogP contribution in [-0.2, 0) is 9.53 Å². The topological polar surface area (TPSA) is 81.7 Å². The maximum atomic E-state index is 13.0. The molecule has 1 aliphatic heterocycles. The van der Waals surface area contributed by atoms with Crippen LogP contribution in [0.3, 0.4) is 0 Å². The number of thiazole rings is 1. The molecule has 2 aromatic rings. The van der Waals surface area contributed by atoms with Crippen molar-refractivity contribution in [2.24, 2.45) is 5.41 Å². The zero-order chi connectivity index (χ0) is 19.3. The van der Waals surface area contributed by atoms with Crippen LogP contribution in [0.5, 0.6) is 11.5 Å². The number of hydrogen-bond donors (Lipinski definition) is 2. The zero-order valence-corrected chi connectivity index (χ0v) is 16.6. The molecule has 0 unspecified atom stereocenters. The summed E-state index contributed by atoms with van der Waals surface area (Å²) in [7, 11) is 4.87. The van der Waals surface area contributed by atoms with Crippen molar-refractivity contribution in [2.45, 2.75) is 12.8 Å². The molecule has 3 rings (SSSR count). The Balaban J connectivity index is 1.81. The summed E-state index contributed by atoms with van der Waals surface area (Å²) < 4.78 is 16.1. The van der Waals surface area contributed by atoms with Crippen molar-refractivity contribution in [1.82, 2.24) is 10.3 Å². The Morgan fingerprint density at radius 1 is 1.26 bits per heavy atom. The van der Waals surface area contributed by atoms with Crippen LogP contribution in [0.25, 0.3) is 11.3 Å². The van der Waals surface area contributed by atoms with Crippen molar-refractivity contribution in [3.05, 3.63) is 23.6 Å². The van der Waals surface area contributed by atoms with Gasteiger partial charge in [0.15, 0.2) is 5.13 Å². The molecule has 0 spiro atoms. The second-order valence-electron chi connectivity index (χ2n) is 6.52.